The third-order valence-corrected chi connectivity index (χ3v) is 4.03. The molecule has 0 amide bonds. The van der Waals surface area contributed by atoms with Crippen LogP contribution < -0.4 is 4.74 Å². The van der Waals surface area contributed by atoms with Crippen molar-refractivity contribution in [3.05, 3.63) is 29.8 Å². The Labute approximate surface area is 116 Å². The minimum Gasteiger partial charge on any atom is -0.497 e. The molecule has 1 aliphatic rings. The topological polar surface area (TPSA) is 32.7 Å². The van der Waals surface area contributed by atoms with Crippen LogP contribution >= 0.6 is 0 Å². The van der Waals surface area contributed by atoms with E-state index in [2.05, 4.69) is 11.9 Å². The zero-order chi connectivity index (χ0) is 13.7. The molecule has 1 saturated carbocycles. The number of hydrogen-bond acceptors (Lipinski definition) is 3. The molecule has 19 heavy (non-hydrogen) atoms. The molecule has 1 aliphatic carbocycles. The summed E-state index contributed by atoms with van der Waals surface area (Å²) >= 11 is 0. The Morgan fingerprint density at radius 3 is 2.47 bits per heavy atom. The predicted molar refractivity (Wildman–Crippen MR) is 77.4 cm³/mol. The van der Waals surface area contributed by atoms with Gasteiger partial charge in [-0.05, 0) is 43.5 Å². The number of benzene rings is 1. The maximum atomic E-state index is 10.2. The van der Waals surface area contributed by atoms with Gasteiger partial charge in [-0.2, -0.15) is 0 Å². The normalized spacial score (nSPS) is 17.9. The van der Waals surface area contributed by atoms with Crippen LogP contribution in [0.15, 0.2) is 24.3 Å². The number of hydrogen-bond donors (Lipinski definition) is 1. The summed E-state index contributed by atoms with van der Waals surface area (Å²) in [6.07, 6.45) is 5.03. The summed E-state index contributed by atoms with van der Waals surface area (Å²) < 4.78 is 5.13. The molecule has 3 nitrogen and oxygen atoms in total. The van der Waals surface area contributed by atoms with E-state index in [0.29, 0.717) is 6.54 Å². The molecular weight excluding hydrogens is 238 g/mol. The predicted octanol–water partition coefficient (Wildman–Crippen LogP) is 2.85. The molecule has 2 rings (SSSR count). The summed E-state index contributed by atoms with van der Waals surface area (Å²) in [5.74, 6) is 1.66. The third kappa shape index (κ3) is 4.22. The van der Waals surface area contributed by atoms with Gasteiger partial charge >= 0.3 is 0 Å². The minimum absolute atomic E-state index is 0.419. The maximum Gasteiger partial charge on any atom is 0.118 e. The van der Waals surface area contributed by atoms with Gasteiger partial charge in [0, 0.05) is 13.1 Å². The van der Waals surface area contributed by atoms with E-state index in [4.69, 9.17) is 4.74 Å². The number of nitrogens with zero attached hydrogens (tertiary/aromatic N) is 1. The Balaban J connectivity index is 1.82. The number of likely N-dealkylation sites (N-methyl/N-ethyl adjacent to an activating group) is 1. The molecule has 1 aromatic rings. The van der Waals surface area contributed by atoms with Crippen molar-refractivity contribution in [2.45, 2.75) is 31.8 Å². The molecule has 3 heteroatoms. The third-order valence-electron chi connectivity index (χ3n) is 4.03. The fourth-order valence-electron chi connectivity index (χ4n) is 2.93. The van der Waals surface area contributed by atoms with Crippen LogP contribution in [0.25, 0.3) is 0 Å². The van der Waals surface area contributed by atoms with Crippen molar-refractivity contribution in [3.8, 4) is 5.75 Å². The Hall–Kier alpha value is -1.06. The molecular formula is C16H25NO2. The van der Waals surface area contributed by atoms with E-state index in [1.54, 1.807) is 7.11 Å². The largest absolute Gasteiger partial charge is 0.497 e. The average Bonchev–Trinajstić information content (AvgIpc) is 2.91. The first-order chi connectivity index (χ1) is 9.19. The highest BCUT2D eigenvalue weighted by Gasteiger charge is 2.18. The lowest BCUT2D eigenvalue weighted by Gasteiger charge is -2.23. The molecule has 0 heterocycles. The van der Waals surface area contributed by atoms with Crippen LogP contribution in [0.1, 0.15) is 37.4 Å². The van der Waals surface area contributed by atoms with Gasteiger partial charge in [-0.3, -0.25) is 0 Å². The fraction of sp³-hybridized carbons (Fsp3) is 0.625. The van der Waals surface area contributed by atoms with Crippen LogP contribution in [0.4, 0.5) is 0 Å². The van der Waals surface area contributed by atoms with Crippen molar-refractivity contribution in [3.63, 3.8) is 0 Å². The van der Waals surface area contributed by atoms with E-state index in [0.717, 1.165) is 23.8 Å². The SMILES string of the molecule is COc1ccc(C(O)CN(C)CC2CCCC2)cc1. The van der Waals surface area contributed by atoms with Crippen molar-refractivity contribution in [2.24, 2.45) is 5.92 Å². The van der Waals surface area contributed by atoms with Crippen LogP contribution in [0.3, 0.4) is 0 Å². The molecule has 106 valence electrons. The number of aliphatic hydroxyl groups excluding tert-OH is 1. The zero-order valence-electron chi connectivity index (χ0n) is 12.0. The highest BCUT2D eigenvalue weighted by Crippen LogP contribution is 2.26. The van der Waals surface area contributed by atoms with E-state index < -0.39 is 6.10 Å². The number of methoxy groups -OCH3 is 1. The quantitative estimate of drug-likeness (QED) is 0.856. The number of ether oxygens (including phenoxy) is 1. The lowest BCUT2D eigenvalue weighted by atomic mass is 10.1. The summed E-state index contributed by atoms with van der Waals surface area (Å²) in [4.78, 5) is 2.25. The lowest BCUT2D eigenvalue weighted by Crippen LogP contribution is -2.29. The van der Waals surface area contributed by atoms with Gasteiger partial charge in [-0.25, -0.2) is 0 Å². The molecule has 0 bridgehead atoms. The van der Waals surface area contributed by atoms with Crippen molar-refractivity contribution in [2.75, 3.05) is 27.2 Å². The molecule has 1 N–H and O–H groups in total. The first-order valence-electron chi connectivity index (χ1n) is 7.19. The van der Waals surface area contributed by atoms with Gasteiger partial charge in [0.15, 0.2) is 0 Å². The smallest absolute Gasteiger partial charge is 0.118 e. The van der Waals surface area contributed by atoms with Gasteiger partial charge in [0.25, 0.3) is 0 Å². The number of rotatable bonds is 6. The highest BCUT2D eigenvalue weighted by molar-refractivity contribution is 5.28. The Kier molecular flexibility index (Phi) is 5.23. The molecule has 0 aliphatic heterocycles. The molecule has 1 fully saturated rings. The van der Waals surface area contributed by atoms with E-state index in [9.17, 15) is 5.11 Å². The van der Waals surface area contributed by atoms with Crippen LogP contribution in [0, 0.1) is 5.92 Å². The Morgan fingerprint density at radius 1 is 1.26 bits per heavy atom. The van der Waals surface area contributed by atoms with Crippen LogP contribution in [-0.2, 0) is 0 Å². The van der Waals surface area contributed by atoms with E-state index in [-0.39, 0.29) is 0 Å². The fourth-order valence-corrected chi connectivity index (χ4v) is 2.93. The Morgan fingerprint density at radius 2 is 1.89 bits per heavy atom. The van der Waals surface area contributed by atoms with E-state index >= 15 is 0 Å². The average molecular weight is 263 g/mol. The first-order valence-corrected chi connectivity index (χ1v) is 7.19. The Bertz CT molecular complexity index is 371. The second-order valence-corrected chi connectivity index (χ2v) is 5.66. The first kappa shape index (κ1) is 14.4. The van der Waals surface area contributed by atoms with Crippen molar-refractivity contribution in [1.82, 2.24) is 4.90 Å². The molecule has 1 aromatic carbocycles. The van der Waals surface area contributed by atoms with Crippen LogP contribution in [0.2, 0.25) is 0 Å². The summed E-state index contributed by atoms with van der Waals surface area (Å²) in [6, 6.07) is 7.67. The molecule has 0 saturated heterocycles. The highest BCUT2D eigenvalue weighted by atomic mass is 16.5. The molecule has 0 aromatic heterocycles. The number of aliphatic hydroxyl groups is 1. The molecule has 1 atom stereocenters. The van der Waals surface area contributed by atoms with Crippen molar-refractivity contribution in [1.29, 1.82) is 0 Å². The monoisotopic (exact) mass is 263 g/mol. The van der Waals surface area contributed by atoms with Gasteiger partial charge in [0.05, 0.1) is 13.2 Å². The minimum atomic E-state index is -0.419. The molecule has 1 unspecified atom stereocenters. The summed E-state index contributed by atoms with van der Waals surface area (Å²) in [5.41, 5.74) is 0.957. The second kappa shape index (κ2) is 6.92. The maximum absolute atomic E-state index is 10.2. The van der Waals surface area contributed by atoms with Crippen molar-refractivity contribution >= 4 is 0 Å². The van der Waals surface area contributed by atoms with Crippen molar-refractivity contribution < 1.29 is 9.84 Å². The van der Waals surface area contributed by atoms with E-state index in [1.807, 2.05) is 24.3 Å². The summed E-state index contributed by atoms with van der Waals surface area (Å²) in [5, 5.41) is 10.2. The van der Waals surface area contributed by atoms with Gasteiger partial charge < -0.3 is 14.7 Å². The van der Waals surface area contributed by atoms with Gasteiger partial charge in [0.1, 0.15) is 5.75 Å². The van der Waals surface area contributed by atoms with E-state index in [1.165, 1.54) is 25.7 Å². The molecule has 0 radical (unpaired) electrons. The van der Waals surface area contributed by atoms with Crippen LogP contribution in [0.5, 0.6) is 5.75 Å². The van der Waals surface area contributed by atoms with Gasteiger partial charge in [0.2, 0.25) is 0 Å². The molecule has 0 spiro atoms. The second-order valence-electron chi connectivity index (χ2n) is 5.66. The summed E-state index contributed by atoms with van der Waals surface area (Å²) in [6.45, 7) is 1.80. The lowest BCUT2D eigenvalue weighted by molar-refractivity contribution is 0.118. The van der Waals surface area contributed by atoms with Gasteiger partial charge in [-0.15, -0.1) is 0 Å². The van der Waals surface area contributed by atoms with Gasteiger partial charge in [-0.1, -0.05) is 25.0 Å². The standard InChI is InChI=1S/C16H25NO2/c1-17(11-13-5-3-4-6-13)12-16(18)14-7-9-15(19-2)10-8-14/h7-10,13,16,18H,3-6,11-12H2,1-2H3. The zero-order valence-corrected chi connectivity index (χ0v) is 12.0. The summed E-state index contributed by atoms with van der Waals surface area (Å²) in [7, 11) is 3.76. The van der Waals surface area contributed by atoms with Crippen LogP contribution in [-0.4, -0.2) is 37.3 Å².